The number of aliphatic hydroxyl groups excluding tert-OH is 1. The minimum atomic E-state index is -4.14. The first-order valence-corrected chi connectivity index (χ1v) is 6.60. The van der Waals surface area contributed by atoms with Gasteiger partial charge in [-0.1, -0.05) is 0 Å². The molecule has 3 nitrogen and oxygen atoms in total. The van der Waals surface area contributed by atoms with E-state index in [4.69, 9.17) is 5.73 Å². The van der Waals surface area contributed by atoms with Gasteiger partial charge in [-0.3, -0.25) is 4.90 Å². The number of hydrogen-bond acceptors (Lipinski definition) is 3. The Hall–Kier alpha value is -0.330. The normalized spacial score (nSPS) is 30.2. The van der Waals surface area contributed by atoms with Crippen molar-refractivity contribution in [2.75, 3.05) is 19.7 Å². The van der Waals surface area contributed by atoms with Crippen molar-refractivity contribution in [3.8, 4) is 0 Å². The van der Waals surface area contributed by atoms with Gasteiger partial charge in [0.15, 0.2) is 0 Å². The number of rotatable bonds is 4. The fourth-order valence-corrected chi connectivity index (χ4v) is 2.85. The third-order valence-electron chi connectivity index (χ3n) is 4.18. The molecule has 1 heterocycles. The molecule has 2 fully saturated rings. The second-order valence-electron chi connectivity index (χ2n) is 5.54. The van der Waals surface area contributed by atoms with Gasteiger partial charge in [0, 0.05) is 18.6 Å². The van der Waals surface area contributed by atoms with Crippen molar-refractivity contribution in [2.24, 2.45) is 17.6 Å². The molecule has 1 aliphatic heterocycles. The molecule has 3 atom stereocenters. The summed E-state index contributed by atoms with van der Waals surface area (Å²) in [7, 11) is 0. The lowest BCUT2D eigenvalue weighted by Crippen LogP contribution is -2.55. The fraction of sp³-hybridized carbons (Fsp3) is 1.00. The average Bonchev–Trinajstić information content (AvgIpc) is 3.13. The zero-order valence-electron chi connectivity index (χ0n) is 10.4. The average molecular weight is 266 g/mol. The molecule has 6 heteroatoms. The summed E-state index contributed by atoms with van der Waals surface area (Å²) in [4.78, 5) is 1.74. The van der Waals surface area contributed by atoms with E-state index in [9.17, 15) is 18.3 Å². The molecule has 0 radical (unpaired) electrons. The summed E-state index contributed by atoms with van der Waals surface area (Å²) in [5.74, 6) is -0.889. The summed E-state index contributed by atoms with van der Waals surface area (Å²) < 4.78 is 38.2. The molecule has 1 saturated heterocycles. The van der Waals surface area contributed by atoms with Crippen LogP contribution in [0.3, 0.4) is 0 Å². The molecule has 0 bridgehead atoms. The van der Waals surface area contributed by atoms with Crippen LogP contribution in [0.4, 0.5) is 13.2 Å². The SMILES string of the molecule is NC(C1CC1)C(CO)N1CCCC(C(F)(F)F)C1. The largest absolute Gasteiger partial charge is 0.395 e. The van der Waals surface area contributed by atoms with Gasteiger partial charge >= 0.3 is 6.18 Å². The molecule has 1 saturated carbocycles. The summed E-state index contributed by atoms with van der Waals surface area (Å²) in [6, 6.07) is -0.510. The van der Waals surface area contributed by atoms with Crippen LogP contribution in [-0.2, 0) is 0 Å². The number of likely N-dealkylation sites (tertiary alicyclic amines) is 1. The van der Waals surface area contributed by atoms with E-state index in [0.717, 1.165) is 12.8 Å². The maximum Gasteiger partial charge on any atom is 0.393 e. The fourth-order valence-electron chi connectivity index (χ4n) is 2.85. The molecule has 3 unspecified atom stereocenters. The van der Waals surface area contributed by atoms with E-state index in [1.165, 1.54) is 0 Å². The van der Waals surface area contributed by atoms with Crippen LogP contribution < -0.4 is 5.73 Å². The lowest BCUT2D eigenvalue weighted by atomic mass is 9.93. The molecule has 0 amide bonds. The van der Waals surface area contributed by atoms with E-state index in [2.05, 4.69) is 0 Å². The maximum atomic E-state index is 12.7. The first kappa shape index (κ1) is 14.1. The molecule has 0 aromatic carbocycles. The Bertz CT molecular complexity index is 281. The second-order valence-corrected chi connectivity index (χ2v) is 5.54. The number of piperidine rings is 1. The van der Waals surface area contributed by atoms with Gasteiger partial charge in [0.1, 0.15) is 0 Å². The number of nitrogens with two attached hydrogens (primary N) is 1. The predicted octanol–water partition coefficient (Wildman–Crippen LogP) is 1.36. The third kappa shape index (κ3) is 3.16. The number of nitrogens with zero attached hydrogens (tertiary/aromatic N) is 1. The minimum Gasteiger partial charge on any atom is -0.395 e. The molecule has 1 aliphatic carbocycles. The van der Waals surface area contributed by atoms with Gasteiger partial charge < -0.3 is 10.8 Å². The van der Waals surface area contributed by atoms with Crippen molar-refractivity contribution in [1.82, 2.24) is 4.90 Å². The topological polar surface area (TPSA) is 49.5 Å². The zero-order chi connectivity index (χ0) is 13.3. The van der Waals surface area contributed by atoms with Gasteiger partial charge in [-0.15, -0.1) is 0 Å². The molecule has 2 rings (SSSR count). The highest BCUT2D eigenvalue weighted by Crippen LogP contribution is 2.37. The van der Waals surface area contributed by atoms with E-state index in [-0.39, 0.29) is 31.7 Å². The Balaban J connectivity index is 1.97. The number of hydrogen-bond donors (Lipinski definition) is 2. The molecule has 106 valence electrons. The summed E-state index contributed by atoms with van der Waals surface area (Å²) >= 11 is 0. The van der Waals surface area contributed by atoms with Crippen LogP contribution in [0.2, 0.25) is 0 Å². The van der Waals surface area contributed by atoms with Crippen LogP contribution in [-0.4, -0.2) is 48.0 Å². The second kappa shape index (κ2) is 5.35. The van der Waals surface area contributed by atoms with Crippen LogP contribution in [0.25, 0.3) is 0 Å². The van der Waals surface area contributed by atoms with E-state index < -0.39 is 12.1 Å². The molecule has 18 heavy (non-hydrogen) atoms. The first-order valence-electron chi connectivity index (χ1n) is 6.60. The lowest BCUT2D eigenvalue weighted by molar-refractivity contribution is -0.189. The number of aliphatic hydroxyl groups is 1. The highest BCUT2D eigenvalue weighted by molar-refractivity contribution is 4.95. The molecular weight excluding hydrogens is 245 g/mol. The molecule has 2 aliphatic rings. The van der Waals surface area contributed by atoms with Crippen molar-refractivity contribution in [1.29, 1.82) is 0 Å². The smallest absolute Gasteiger partial charge is 0.393 e. The molecule has 3 N–H and O–H groups in total. The van der Waals surface area contributed by atoms with Crippen molar-refractivity contribution in [2.45, 2.75) is 43.9 Å². The van der Waals surface area contributed by atoms with Crippen molar-refractivity contribution in [3.63, 3.8) is 0 Å². The quantitative estimate of drug-likeness (QED) is 0.807. The minimum absolute atomic E-state index is 0.0187. The van der Waals surface area contributed by atoms with Crippen LogP contribution >= 0.6 is 0 Å². The van der Waals surface area contributed by atoms with E-state index in [0.29, 0.717) is 18.9 Å². The van der Waals surface area contributed by atoms with Crippen LogP contribution in [0.1, 0.15) is 25.7 Å². The van der Waals surface area contributed by atoms with Gasteiger partial charge in [-0.05, 0) is 38.1 Å². The van der Waals surface area contributed by atoms with Crippen molar-refractivity contribution >= 4 is 0 Å². The molecule has 0 aromatic heterocycles. The van der Waals surface area contributed by atoms with Crippen molar-refractivity contribution in [3.05, 3.63) is 0 Å². The highest BCUT2D eigenvalue weighted by atomic mass is 19.4. The van der Waals surface area contributed by atoms with Crippen molar-refractivity contribution < 1.29 is 18.3 Å². The Kier molecular flexibility index (Phi) is 4.18. The molecule has 0 aromatic rings. The Morgan fingerprint density at radius 1 is 1.28 bits per heavy atom. The standard InChI is InChI=1S/C12H21F3N2O/c13-12(14,15)9-2-1-5-17(6-9)10(7-18)11(16)8-3-4-8/h8-11,18H,1-7,16H2. The Labute approximate surface area is 105 Å². The number of alkyl halides is 3. The Morgan fingerprint density at radius 3 is 2.44 bits per heavy atom. The predicted molar refractivity (Wildman–Crippen MR) is 61.9 cm³/mol. The van der Waals surface area contributed by atoms with Crippen LogP contribution in [0.15, 0.2) is 0 Å². The summed E-state index contributed by atoms with van der Waals surface area (Å²) in [6.45, 7) is 0.440. The van der Waals surface area contributed by atoms with Gasteiger partial charge in [0.2, 0.25) is 0 Å². The van der Waals surface area contributed by atoms with Gasteiger partial charge in [-0.2, -0.15) is 13.2 Å². The third-order valence-corrected chi connectivity index (χ3v) is 4.18. The van der Waals surface area contributed by atoms with Gasteiger partial charge in [-0.25, -0.2) is 0 Å². The summed E-state index contributed by atoms with van der Waals surface area (Å²) in [5.41, 5.74) is 6.04. The lowest BCUT2D eigenvalue weighted by Gasteiger charge is -2.40. The van der Waals surface area contributed by atoms with Crippen LogP contribution in [0.5, 0.6) is 0 Å². The van der Waals surface area contributed by atoms with Crippen LogP contribution in [0, 0.1) is 11.8 Å². The Morgan fingerprint density at radius 2 is 1.94 bits per heavy atom. The zero-order valence-corrected chi connectivity index (χ0v) is 10.4. The van der Waals surface area contributed by atoms with E-state index in [1.54, 1.807) is 4.90 Å². The van der Waals surface area contributed by atoms with Gasteiger partial charge in [0.25, 0.3) is 0 Å². The molecule has 0 spiro atoms. The molecular formula is C12H21F3N2O. The maximum absolute atomic E-state index is 12.7. The number of halogens is 3. The highest BCUT2D eigenvalue weighted by Gasteiger charge is 2.44. The van der Waals surface area contributed by atoms with Gasteiger partial charge in [0.05, 0.1) is 12.5 Å². The monoisotopic (exact) mass is 266 g/mol. The van der Waals surface area contributed by atoms with E-state index in [1.807, 2.05) is 0 Å². The first-order chi connectivity index (χ1) is 8.43. The van der Waals surface area contributed by atoms with E-state index >= 15 is 0 Å². The summed E-state index contributed by atoms with van der Waals surface area (Å²) in [6.07, 6.45) is -1.35. The summed E-state index contributed by atoms with van der Waals surface area (Å²) in [5, 5.41) is 9.41.